The van der Waals surface area contributed by atoms with Crippen molar-refractivity contribution < 1.29 is 13.9 Å². The van der Waals surface area contributed by atoms with Gasteiger partial charge in [0, 0.05) is 30.0 Å². The molecular weight excluding hydrogens is 390 g/mol. The summed E-state index contributed by atoms with van der Waals surface area (Å²) >= 11 is 0. The lowest BCUT2D eigenvalue weighted by atomic mass is 10.1. The van der Waals surface area contributed by atoms with E-state index in [-0.39, 0.29) is 11.6 Å². The number of carbonyl (C=O) groups is 1. The summed E-state index contributed by atoms with van der Waals surface area (Å²) in [5, 5.41) is 2.91. The fourth-order valence-electron chi connectivity index (χ4n) is 3.84. The smallest absolute Gasteiger partial charge is 0.278 e. The number of fused-ring (bicyclic) bond motifs is 1. The minimum absolute atomic E-state index is 0.229. The van der Waals surface area contributed by atoms with Crippen molar-refractivity contribution in [3.05, 3.63) is 96.0 Å². The molecule has 0 bridgehead atoms. The van der Waals surface area contributed by atoms with E-state index in [0.717, 1.165) is 24.3 Å². The van der Waals surface area contributed by atoms with E-state index in [2.05, 4.69) is 39.5 Å². The van der Waals surface area contributed by atoms with E-state index in [1.54, 1.807) is 13.2 Å². The molecule has 1 aliphatic rings. The molecular formula is C25H21N3O3. The van der Waals surface area contributed by atoms with Crippen LogP contribution in [0.4, 0.5) is 11.4 Å². The molecule has 154 valence electrons. The minimum atomic E-state index is -0.326. The number of ether oxygens (including phenoxy) is 1. The summed E-state index contributed by atoms with van der Waals surface area (Å²) in [7, 11) is 1.59. The third-order valence-electron chi connectivity index (χ3n) is 5.45. The van der Waals surface area contributed by atoms with Gasteiger partial charge in [-0.15, -0.1) is 0 Å². The highest BCUT2D eigenvalue weighted by molar-refractivity contribution is 6.06. The number of rotatable bonds is 5. The Kier molecular flexibility index (Phi) is 4.88. The number of aromatic nitrogens is 1. The second-order valence-electron chi connectivity index (χ2n) is 7.39. The van der Waals surface area contributed by atoms with Crippen molar-refractivity contribution in [1.29, 1.82) is 0 Å². The first-order valence-corrected chi connectivity index (χ1v) is 10.0. The first-order valence-electron chi connectivity index (χ1n) is 10.0. The SMILES string of the molecule is COc1cccc(-c2ocnc2C(=O)Nc2ccc(N3Cc4ccccc4C3)cc2)c1. The van der Waals surface area contributed by atoms with Crippen LogP contribution in [0.1, 0.15) is 21.6 Å². The van der Waals surface area contributed by atoms with Crippen LogP contribution in [0.25, 0.3) is 11.3 Å². The van der Waals surface area contributed by atoms with Crippen LogP contribution < -0.4 is 15.0 Å². The van der Waals surface area contributed by atoms with Crippen LogP contribution in [0, 0.1) is 0 Å². The van der Waals surface area contributed by atoms with E-state index in [0.29, 0.717) is 17.2 Å². The Morgan fingerprint density at radius 3 is 2.45 bits per heavy atom. The lowest BCUT2D eigenvalue weighted by Gasteiger charge is -2.18. The highest BCUT2D eigenvalue weighted by Gasteiger charge is 2.20. The van der Waals surface area contributed by atoms with Gasteiger partial charge in [-0.2, -0.15) is 0 Å². The average Bonchev–Trinajstić information content (AvgIpc) is 3.47. The Hall–Kier alpha value is -4.06. The zero-order chi connectivity index (χ0) is 21.2. The Labute approximate surface area is 180 Å². The molecule has 0 aliphatic carbocycles. The van der Waals surface area contributed by atoms with E-state index in [1.165, 1.54) is 17.5 Å². The minimum Gasteiger partial charge on any atom is -0.497 e. The monoisotopic (exact) mass is 411 g/mol. The van der Waals surface area contributed by atoms with Crippen molar-refractivity contribution in [3.8, 4) is 17.1 Å². The summed E-state index contributed by atoms with van der Waals surface area (Å²) in [5.41, 5.74) is 5.49. The standard InChI is InChI=1S/C25H21N3O3/c1-30-22-8-4-7-17(13-22)24-23(26-16-31-24)25(29)27-20-9-11-21(12-10-20)28-14-18-5-2-3-6-19(18)15-28/h2-13,16H,14-15H2,1H3,(H,27,29). The molecule has 0 saturated carbocycles. The van der Waals surface area contributed by atoms with Gasteiger partial charge in [-0.1, -0.05) is 36.4 Å². The maximum atomic E-state index is 12.8. The van der Waals surface area contributed by atoms with Gasteiger partial charge >= 0.3 is 0 Å². The number of nitrogens with one attached hydrogen (secondary N) is 1. The molecule has 1 amide bonds. The largest absolute Gasteiger partial charge is 0.497 e. The maximum Gasteiger partial charge on any atom is 0.278 e. The Balaban J connectivity index is 1.30. The van der Waals surface area contributed by atoms with Gasteiger partial charge in [-0.05, 0) is 47.5 Å². The maximum absolute atomic E-state index is 12.8. The van der Waals surface area contributed by atoms with Gasteiger partial charge in [-0.3, -0.25) is 4.79 Å². The van der Waals surface area contributed by atoms with E-state index < -0.39 is 0 Å². The highest BCUT2D eigenvalue weighted by atomic mass is 16.5. The predicted molar refractivity (Wildman–Crippen MR) is 119 cm³/mol. The van der Waals surface area contributed by atoms with E-state index in [9.17, 15) is 4.79 Å². The first kappa shape index (κ1) is 18.9. The van der Waals surface area contributed by atoms with Crippen molar-refractivity contribution in [1.82, 2.24) is 4.98 Å². The third-order valence-corrected chi connectivity index (χ3v) is 5.45. The van der Waals surface area contributed by atoms with Crippen LogP contribution in [0.5, 0.6) is 5.75 Å². The summed E-state index contributed by atoms with van der Waals surface area (Å²) in [6.07, 6.45) is 1.28. The van der Waals surface area contributed by atoms with Gasteiger partial charge in [0.25, 0.3) is 5.91 Å². The zero-order valence-electron chi connectivity index (χ0n) is 17.0. The molecule has 0 atom stereocenters. The van der Waals surface area contributed by atoms with Crippen LogP contribution >= 0.6 is 0 Å². The number of oxazole rings is 1. The Bertz CT molecular complexity index is 1210. The Morgan fingerprint density at radius 1 is 1.00 bits per heavy atom. The van der Waals surface area contributed by atoms with E-state index in [4.69, 9.17) is 9.15 Å². The number of carbonyl (C=O) groups excluding carboxylic acids is 1. The number of benzene rings is 3. The molecule has 0 unspecified atom stereocenters. The summed E-state index contributed by atoms with van der Waals surface area (Å²) < 4.78 is 10.7. The molecule has 1 aliphatic heterocycles. The lowest BCUT2D eigenvalue weighted by Crippen LogP contribution is -2.15. The second-order valence-corrected chi connectivity index (χ2v) is 7.39. The molecule has 3 aromatic carbocycles. The van der Waals surface area contributed by atoms with Crippen molar-refractivity contribution >= 4 is 17.3 Å². The molecule has 6 nitrogen and oxygen atoms in total. The van der Waals surface area contributed by atoms with Crippen molar-refractivity contribution in [3.63, 3.8) is 0 Å². The van der Waals surface area contributed by atoms with Crippen LogP contribution in [0.3, 0.4) is 0 Å². The van der Waals surface area contributed by atoms with Gasteiger partial charge in [0.05, 0.1) is 7.11 Å². The van der Waals surface area contributed by atoms with Crippen molar-refractivity contribution in [2.45, 2.75) is 13.1 Å². The highest BCUT2D eigenvalue weighted by Crippen LogP contribution is 2.30. The normalized spacial score (nSPS) is 12.5. The molecule has 31 heavy (non-hydrogen) atoms. The number of hydrogen-bond donors (Lipinski definition) is 1. The fourth-order valence-corrected chi connectivity index (χ4v) is 3.84. The molecule has 1 aromatic heterocycles. The van der Waals surface area contributed by atoms with Crippen LogP contribution in [-0.2, 0) is 13.1 Å². The number of methoxy groups -OCH3 is 1. The quantitative estimate of drug-likeness (QED) is 0.494. The Morgan fingerprint density at radius 2 is 1.74 bits per heavy atom. The number of amides is 1. The number of hydrogen-bond acceptors (Lipinski definition) is 5. The topological polar surface area (TPSA) is 67.6 Å². The molecule has 0 fully saturated rings. The molecule has 4 aromatic rings. The summed E-state index contributed by atoms with van der Waals surface area (Å²) in [5.74, 6) is 0.760. The summed E-state index contributed by atoms with van der Waals surface area (Å²) in [6.45, 7) is 1.79. The fraction of sp³-hybridized carbons (Fsp3) is 0.120. The molecule has 5 rings (SSSR count). The second kappa shape index (κ2) is 7.99. The van der Waals surface area contributed by atoms with Gasteiger partial charge in [0.1, 0.15) is 5.75 Å². The molecule has 0 spiro atoms. The predicted octanol–water partition coefficient (Wildman–Crippen LogP) is 5.12. The molecule has 0 radical (unpaired) electrons. The summed E-state index contributed by atoms with van der Waals surface area (Å²) in [6, 6.07) is 23.7. The van der Waals surface area contributed by atoms with Crippen LogP contribution in [0.15, 0.2) is 83.6 Å². The van der Waals surface area contributed by atoms with E-state index >= 15 is 0 Å². The molecule has 2 heterocycles. The number of anilines is 2. The van der Waals surface area contributed by atoms with Crippen LogP contribution in [-0.4, -0.2) is 18.0 Å². The van der Waals surface area contributed by atoms with Crippen LogP contribution in [0.2, 0.25) is 0 Å². The van der Waals surface area contributed by atoms with Gasteiger partial charge in [0.2, 0.25) is 0 Å². The average molecular weight is 411 g/mol. The van der Waals surface area contributed by atoms with Gasteiger partial charge in [0.15, 0.2) is 17.8 Å². The molecule has 0 saturated heterocycles. The van der Waals surface area contributed by atoms with Gasteiger partial charge in [-0.25, -0.2) is 4.98 Å². The third kappa shape index (κ3) is 3.75. The van der Waals surface area contributed by atoms with Gasteiger partial charge < -0.3 is 19.4 Å². The van der Waals surface area contributed by atoms with E-state index in [1.807, 2.05) is 42.5 Å². The van der Waals surface area contributed by atoms with Crippen molar-refractivity contribution in [2.24, 2.45) is 0 Å². The number of nitrogens with zero attached hydrogens (tertiary/aromatic N) is 2. The van der Waals surface area contributed by atoms with Crippen molar-refractivity contribution in [2.75, 3.05) is 17.3 Å². The first-order chi connectivity index (χ1) is 15.2. The molecule has 6 heteroatoms. The summed E-state index contributed by atoms with van der Waals surface area (Å²) in [4.78, 5) is 19.3. The lowest BCUT2D eigenvalue weighted by molar-refractivity contribution is 0.102. The zero-order valence-corrected chi connectivity index (χ0v) is 17.0. The molecule has 1 N–H and O–H groups in total.